The Balaban J connectivity index is 1.00. The van der Waals surface area contributed by atoms with Crippen molar-refractivity contribution in [2.75, 3.05) is 159 Å². The van der Waals surface area contributed by atoms with Crippen molar-refractivity contribution >= 4 is 12.3 Å². The van der Waals surface area contributed by atoms with E-state index < -0.39 is 12.3 Å². The van der Waals surface area contributed by atoms with E-state index in [1.165, 1.54) is 5.57 Å². The average molecular weight is 907 g/mol. The first-order valence-electron chi connectivity index (χ1n) is 23.2. The van der Waals surface area contributed by atoms with Crippen molar-refractivity contribution in [1.82, 2.24) is 0 Å². The summed E-state index contributed by atoms with van der Waals surface area (Å²) in [5.74, 6) is 1.53. The fourth-order valence-electron chi connectivity index (χ4n) is 9.65. The Labute approximate surface area is 374 Å². The number of aliphatic hydroxyl groups excluding tert-OH is 2. The van der Waals surface area contributed by atoms with Gasteiger partial charge >= 0.3 is 12.3 Å². The highest BCUT2D eigenvalue weighted by molar-refractivity contribution is 5.60. The monoisotopic (exact) mass is 907 g/mol. The maximum absolute atomic E-state index is 12.8. The van der Waals surface area contributed by atoms with Gasteiger partial charge in [0.2, 0.25) is 0 Å². The summed E-state index contributed by atoms with van der Waals surface area (Å²) < 4.78 is 76.4. The molecule has 0 aromatic rings. The summed E-state index contributed by atoms with van der Waals surface area (Å²) in [7, 11) is 0. The van der Waals surface area contributed by atoms with Crippen LogP contribution in [0.4, 0.5) is 9.59 Å². The molecule has 0 bridgehead atoms. The molecule has 4 aliphatic carbocycles. The van der Waals surface area contributed by atoms with Gasteiger partial charge in [-0.15, -0.1) is 0 Å². The van der Waals surface area contributed by atoms with Crippen LogP contribution in [0.5, 0.6) is 0 Å². The molecule has 0 saturated heterocycles. The van der Waals surface area contributed by atoms with Gasteiger partial charge in [-0.3, -0.25) is 0 Å². The van der Waals surface area contributed by atoms with E-state index in [0.29, 0.717) is 137 Å². The summed E-state index contributed by atoms with van der Waals surface area (Å²) in [6, 6.07) is 0. The zero-order valence-corrected chi connectivity index (χ0v) is 38.0. The zero-order valence-electron chi connectivity index (χ0n) is 38.0. The van der Waals surface area contributed by atoms with Crippen LogP contribution in [0.25, 0.3) is 0 Å². The van der Waals surface area contributed by atoms with Crippen molar-refractivity contribution in [2.24, 2.45) is 28.6 Å². The number of aliphatic hydroxyl groups is 2. The van der Waals surface area contributed by atoms with Crippen LogP contribution in [0.15, 0.2) is 11.6 Å². The maximum atomic E-state index is 12.8. The minimum absolute atomic E-state index is 0.00620. The van der Waals surface area contributed by atoms with Crippen LogP contribution in [0, 0.1) is 28.6 Å². The Bertz CT molecular complexity index is 1260. The number of ether oxygens (including phenoxy) is 14. The Morgan fingerprint density at radius 1 is 0.508 bits per heavy atom. The molecular weight excluding hydrogens is 828 g/mol. The molecule has 0 unspecified atom stereocenters. The van der Waals surface area contributed by atoms with E-state index in [0.717, 1.165) is 51.4 Å². The second-order valence-corrected chi connectivity index (χ2v) is 16.7. The Morgan fingerprint density at radius 2 is 0.921 bits per heavy atom. The highest BCUT2D eigenvalue weighted by Crippen LogP contribution is 2.65. The van der Waals surface area contributed by atoms with Gasteiger partial charge in [-0.05, 0) is 68.1 Å². The van der Waals surface area contributed by atoms with Crippen molar-refractivity contribution < 1.29 is 86.1 Å². The third-order valence-electron chi connectivity index (χ3n) is 12.8. The molecule has 3 saturated carbocycles. The lowest BCUT2D eigenvalue weighted by Crippen LogP contribution is -2.51. The minimum Gasteiger partial charge on any atom is -0.432 e. The summed E-state index contributed by atoms with van der Waals surface area (Å²) >= 11 is 0. The average Bonchev–Trinajstić information content (AvgIpc) is 3.61. The van der Waals surface area contributed by atoms with Crippen LogP contribution in [-0.4, -0.2) is 193 Å². The van der Waals surface area contributed by atoms with E-state index in [4.69, 9.17) is 76.5 Å². The maximum Gasteiger partial charge on any atom is 0.508 e. The molecule has 3 fully saturated rings. The van der Waals surface area contributed by atoms with E-state index in [9.17, 15) is 9.59 Å². The fourth-order valence-corrected chi connectivity index (χ4v) is 9.65. The molecule has 0 aromatic heterocycles. The van der Waals surface area contributed by atoms with Crippen LogP contribution in [0.2, 0.25) is 0 Å². The van der Waals surface area contributed by atoms with Crippen LogP contribution in [0.1, 0.15) is 65.2 Å². The summed E-state index contributed by atoms with van der Waals surface area (Å²) in [6.07, 6.45) is 8.15. The Morgan fingerprint density at radius 3 is 1.37 bits per heavy atom. The molecule has 0 spiro atoms. The highest BCUT2D eigenvalue weighted by atomic mass is 16.7. The third kappa shape index (κ3) is 19.3. The van der Waals surface area contributed by atoms with Gasteiger partial charge in [0.1, 0.15) is 25.4 Å². The summed E-state index contributed by atoms with van der Waals surface area (Å²) in [5.41, 5.74) is 1.37. The molecule has 7 atom stereocenters. The molecule has 0 amide bonds. The number of carbonyl (C=O) groups excluding carboxylic acids is 2. The van der Waals surface area contributed by atoms with Crippen molar-refractivity contribution in [3.8, 4) is 0 Å². The first kappa shape index (κ1) is 53.4. The first-order valence-corrected chi connectivity index (χ1v) is 23.2. The zero-order chi connectivity index (χ0) is 44.9. The third-order valence-corrected chi connectivity index (χ3v) is 12.8. The van der Waals surface area contributed by atoms with Gasteiger partial charge in [-0.1, -0.05) is 25.5 Å². The lowest BCUT2D eigenvalue weighted by atomic mass is 9.48. The number of hydrogen-bond donors (Lipinski definition) is 2. The number of rotatable bonds is 36. The molecule has 63 heavy (non-hydrogen) atoms. The Hall–Kier alpha value is -2.20. The SMILES string of the molecule is C[C@]12CC[C@H]3[C@@H](CC=C4C[C@@H](OC(=O)OCCOCCOCCOCCOCCOCCO)CC[C@@]43C)[C@@H]1CC[C@@H]2OC(=O)OCCOCCOCCOCCOCCOCCO. The van der Waals surface area contributed by atoms with E-state index in [2.05, 4.69) is 19.9 Å². The van der Waals surface area contributed by atoms with Crippen molar-refractivity contribution in [3.05, 3.63) is 11.6 Å². The molecule has 18 nitrogen and oxygen atoms in total. The predicted molar refractivity (Wildman–Crippen MR) is 227 cm³/mol. The molecule has 366 valence electrons. The van der Waals surface area contributed by atoms with E-state index in [1.807, 2.05) is 0 Å². The largest absolute Gasteiger partial charge is 0.508 e. The molecule has 0 radical (unpaired) electrons. The minimum atomic E-state index is -0.659. The number of hydrogen-bond acceptors (Lipinski definition) is 18. The second kappa shape index (κ2) is 31.7. The van der Waals surface area contributed by atoms with Crippen LogP contribution in [0.3, 0.4) is 0 Å². The second-order valence-electron chi connectivity index (χ2n) is 16.7. The lowest BCUT2D eigenvalue weighted by molar-refractivity contribution is -0.0878. The van der Waals surface area contributed by atoms with Crippen LogP contribution < -0.4 is 0 Å². The molecule has 2 N–H and O–H groups in total. The molecule has 0 aliphatic heterocycles. The molecule has 0 heterocycles. The lowest BCUT2D eigenvalue weighted by Gasteiger charge is -2.57. The number of allylic oxidation sites excluding steroid dienone is 1. The fraction of sp³-hybridized carbons (Fsp3) is 0.911. The number of carbonyl (C=O) groups is 2. The van der Waals surface area contributed by atoms with Gasteiger partial charge in [0.25, 0.3) is 0 Å². The standard InChI is InChI=1S/C45H78O18/c1-44-9-7-37(62-42(48)60-33-31-58-29-27-56-25-23-54-21-19-52-17-15-50-13-11-46)35-36(44)3-4-38-39-5-6-41(45(39,2)10-8-40(38)44)63-43(49)61-34-32-59-30-28-57-26-24-55-22-20-53-18-16-51-14-12-47/h3,37-41,46-47H,4-35H2,1-2H3/t37-,38-,39-,40-,41-,44-,45-/m0/s1. The Kier molecular flexibility index (Phi) is 26.9. The van der Waals surface area contributed by atoms with E-state index in [-0.39, 0.29) is 62.7 Å². The van der Waals surface area contributed by atoms with Crippen LogP contribution in [-0.2, 0) is 66.3 Å². The first-order chi connectivity index (χ1) is 30.8. The van der Waals surface area contributed by atoms with Crippen molar-refractivity contribution in [1.29, 1.82) is 0 Å². The number of fused-ring (bicyclic) bond motifs is 5. The predicted octanol–water partition coefficient (Wildman–Crippen LogP) is 4.14. The highest BCUT2D eigenvalue weighted by Gasteiger charge is 2.60. The van der Waals surface area contributed by atoms with E-state index >= 15 is 0 Å². The summed E-state index contributed by atoms with van der Waals surface area (Å²) in [5, 5.41) is 17.3. The summed E-state index contributed by atoms with van der Waals surface area (Å²) in [4.78, 5) is 25.3. The van der Waals surface area contributed by atoms with Gasteiger partial charge in [-0.2, -0.15) is 0 Å². The van der Waals surface area contributed by atoms with Gasteiger partial charge in [0.05, 0.1) is 145 Å². The molecule has 4 aliphatic rings. The van der Waals surface area contributed by atoms with Gasteiger partial charge in [0.15, 0.2) is 0 Å². The summed E-state index contributed by atoms with van der Waals surface area (Å²) in [6.45, 7) is 13.1. The molecule has 18 heteroatoms. The van der Waals surface area contributed by atoms with Gasteiger partial charge in [0, 0.05) is 11.8 Å². The van der Waals surface area contributed by atoms with Gasteiger partial charge in [-0.25, -0.2) is 9.59 Å². The normalized spacial score (nSPS) is 26.3. The quantitative estimate of drug-likeness (QED) is 0.0515. The van der Waals surface area contributed by atoms with Gasteiger partial charge < -0.3 is 76.5 Å². The molecule has 4 rings (SSSR count). The van der Waals surface area contributed by atoms with E-state index in [1.54, 1.807) is 0 Å². The topological polar surface area (TPSA) is 204 Å². The molecular formula is C45H78O18. The van der Waals surface area contributed by atoms with Crippen molar-refractivity contribution in [3.63, 3.8) is 0 Å². The smallest absolute Gasteiger partial charge is 0.432 e. The molecule has 0 aromatic carbocycles. The van der Waals surface area contributed by atoms with Crippen molar-refractivity contribution in [2.45, 2.75) is 77.4 Å². The van der Waals surface area contributed by atoms with Crippen LogP contribution >= 0.6 is 0 Å².